The van der Waals surface area contributed by atoms with Crippen LogP contribution in [0.15, 0.2) is 24.3 Å². The van der Waals surface area contributed by atoms with Crippen molar-refractivity contribution >= 4 is 17.4 Å². The molecule has 1 aliphatic heterocycles. The van der Waals surface area contributed by atoms with Crippen LogP contribution in [0, 0.1) is 0 Å². The fraction of sp³-hybridized carbons (Fsp3) is 0.385. The van der Waals surface area contributed by atoms with Crippen molar-refractivity contribution in [1.29, 1.82) is 0 Å². The first-order valence-electron chi connectivity index (χ1n) is 5.62. The molecule has 0 N–H and O–H groups in total. The van der Waals surface area contributed by atoms with E-state index < -0.39 is 0 Å². The summed E-state index contributed by atoms with van der Waals surface area (Å²) in [6, 6.07) is 7.78. The van der Waals surface area contributed by atoms with Crippen LogP contribution in [-0.2, 0) is 16.1 Å². The molecular formula is C13H16N2O2. The standard InChI is InChI=1S/C13H16N2O2/c1-14(2)8-10-4-3-5-11(6-10)15-9-12(16)7-13(15)17/h3-6H,7-9H2,1-2H3. The molecule has 0 unspecified atom stereocenters. The van der Waals surface area contributed by atoms with Crippen molar-refractivity contribution in [3.05, 3.63) is 29.8 Å². The highest BCUT2D eigenvalue weighted by molar-refractivity contribution is 6.15. The Hall–Kier alpha value is -1.68. The van der Waals surface area contributed by atoms with E-state index >= 15 is 0 Å². The second-order valence-electron chi connectivity index (χ2n) is 4.60. The van der Waals surface area contributed by atoms with Gasteiger partial charge in [0.05, 0.1) is 13.0 Å². The van der Waals surface area contributed by atoms with Gasteiger partial charge < -0.3 is 9.80 Å². The molecule has 4 nitrogen and oxygen atoms in total. The maximum absolute atomic E-state index is 11.6. The van der Waals surface area contributed by atoms with Crippen LogP contribution >= 0.6 is 0 Å². The molecule has 1 saturated heterocycles. The number of hydrogen-bond acceptors (Lipinski definition) is 3. The zero-order valence-electron chi connectivity index (χ0n) is 10.1. The highest BCUT2D eigenvalue weighted by atomic mass is 16.2. The largest absolute Gasteiger partial charge is 0.305 e. The summed E-state index contributed by atoms with van der Waals surface area (Å²) in [5.74, 6) is -0.106. The maximum Gasteiger partial charge on any atom is 0.234 e. The Morgan fingerprint density at radius 1 is 1.29 bits per heavy atom. The zero-order chi connectivity index (χ0) is 12.4. The lowest BCUT2D eigenvalue weighted by Gasteiger charge is -2.17. The lowest BCUT2D eigenvalue weighted by molar-refractivity contribution is -0.121. The number of rotatable bonds is 3. The molecule has 0 aliphatic carbocycles. The van der Waals surface area contributed by atoms with Crippen molar-refractivity contribution in [3.8, 4) is 0 Å². The first-order chi connectivity index (χ1) is 8.06. The highest BCUT2D eigenvalue weighted by Gasteiger charge is 2.28. The van der Waals surface area contributed by atoms with Crippen molar-refractivity contribution in [2.75, 3.05) is 25.5 Å². The maximum atomic E-state index is 11.6. The van der Waals surface area contributed by atoms with Gasteiger partial charge in [-0.05, 0) is 31.8 Å². The van der Waals surface area contributed by atoms with Crippen LogP contribution in [-0.4, -0.2) is 37.2 Å². The van der Waals surface area contributed by atoms with E-state index in [1.807, 2.05) is 38.4 Å². The molecule has 1 heterocycles. The van der Waals surface area contributed by atoms with Crippen LogP contribution in [0.25, 0.3) is 0 Å². The van der Waals surface area contributed by atoms with Crippen molar-refractivity contribution in [2.45, 2.75) is 13.0 Å². The molecule has 0 atom stereocenters. The van der Waals surface area contributed by atoms with Gasteiger partial charge in [-0.15, -0.1) is 0 Å². The predicted octanol–water partition coefficient (Wildman–Crippen LogP) is 1.05. The van der Waals surface area contributed by atoms with E-state index in [-0.39, 0.29) is 24.7 Å². The number of Topliss-reactive ketones (excluding diaryl/α,β-unsaturated/α-hetero) is 1. The summed E-state index contributed by atoms with van der Waals surface area (Å²) >= 11 is 0. The second-order valence-corrected chi connectivity index (χ2v) is 4.60. The van der Waals surface area contributed by atoms with E-state index in [0.29, 0.717) is 0 Å². The molecule has 2 rings (SSSR count). The Balaban J connectivity index is 2.21. The molecule has 0 saturated carbocycles. The second kappa shape index (κ2) is 4.67. The Bertz CT molecular complexity index is 454. The summed E-state index contributed by atoms with van der Waals surface area (Å²) < 4.78 is 0. The highest BCUT2D eigenvalue weighted by Crippen LogP contribution is 2.21. The first-order valence-corrected chi connectivity index (χ1v) is 5.62. The number of amides is 1. The number of hydrogen-bond donors (Lipinski definition) is 0. The number of benzene rings is 1. The van der Waals surface area contributed by atoms with Crippen molar-refractivity contribution < 1.29 is 9.59 Å². The van der Waals surface area contributed by atoms with E-state index in [9.17, 15) is 9.59 Å². The molecule has 4 heteroatoms. The van der Waals surface area contributed by atoms with Crippen molar-refractivity contribution in [2.24, 2.45) is 0 Å². The van der Waals surface area contributed by atoms with Gasteiger partial charge in [0.2, 0.25) is 5.91 Å². The monoisotopic (exact) mass is 232 g/mol. The molecule has 90 valence electrons. The Labute approximate surface area is 101 Å². The zero-order valence-corrected chi connectivity index (χ0v) is 10.1. The minimum atomic E-state index is -0.1000. The third kappa shape index (κ3) is 2.71. The number of carbonyl (C=O) groups is 2. The Morgan fingerprint density at radius 2 is 2.06 bits per heavy atom. The Kier molecular flexibility index (Phi) is 3.24. The lowest BCUT2D eigenvalue weighted by atomic mass is 10.2. The molecule has 1 amide bonds. The molecule has 1 fully saturated rings. The van der Waals surface area contributed by atoms with Gasteiger partial charge in [0, 0.05) is 12.2 Å². The number of carbonyl (C=O) groups excluding carboxylic acids is 2. The molecule has 1 aromatic rings. The molecule has 1 aromatic carbocycles. The summed E-state index contributed by atoms with van der Waals surface area (Å²) in [6.07, 6.45) is 0.0396. The molecular weight excluding hydrogens is 216 g/mol. The topological polar surface area (TPSA) is 40.6 Å². The number of anilines is 1. The number of nitrogens with zero attached hydrogens (tertiary/aromatic N) is 2. The average Bonchev–Trinajstić information content (AvgIpc) is 2.57. The minimum absolute atomic E-state index is 0.00647. The van der Waals surface area contributed by atoms with Gasteiger partial charge in [0.1, 0.15) is 0 Å². The summed E-state index contributed by atoms with van der Waals surface area (Å²) in [5.41, 5.74) is 1.96. The van der Waals surface area contributed by atoms with Crippen LogP contribution in [0.3, 0.4) is 0 Å². The smallest absolute Gasteiger partial charge is 0.234 e. The number of ketones is 1. The summed E-state index contributed by atoms with van der Waals surface area (Å²) in [6.45, 7) is 1.04. The molecule has 0 aromatic heterocycles. The summed E-state index contributed by atoms with van der Waals surface area (Å²) in [7, 11) is 3.99. The van der Waals surface area contributed by atoms with Crippen molar-refractivity contribution in [3.63, 3.8) is 0 Å². The van der Waals surface area contributed by atoms with Gasteiger partial charge in [0.15, 0.2) is 5.78 Å². The molecule has 0 spiro atoms. The van der Waals surface area contributed by atoms with Crippen LogP contribution in [0.1, 0.15) is 12.0 Å². The molecule has 17 heavy (non-hydrogen) atoms. The molecule has 0 bridgehead atoms. The lowest BCUT2D eigenvalue weighted by Crippen LogP contribution is -2.24. The van der Waals surface area contributed by atoms with E-state index in [0.717, 1.165) is 17.8 Å². The van der Waals surface area contributed by atoms with Gasteiger partial charge in [-0.3, -0.25) is 9.59 Å². The Morgan fingerprint density at radius 3 is 2.65 bits per heavy atom. The predicted molar refractivity (Wildman–Crippen MR) is 65.8 cm³/mol. The van der Waals surface area contributed by atoms with Crippen LogP contribution in [0.5, 0.6) is 0 Å². The SMILES string of the molecule is CN(C)Cc1cccc(N2CC(=O)CC2=O)c1. The summed E-state index contributed by atoms with van der Waals surface area (Å²) in [5, 5.41) is 0. The van der Waals surface area contributed by atoms with Crippen LogP contribution < -0.4 is 4.90 Å². The van der Waals surface area contributed by atoms with Crippen molar-refractivity contribution in [1.82, 2.24) is 4.90 Å². The minimum Gasteiger partial charge on any atom is -0.305 e. The van der Waals surface area contributed by atoms with Gasteiger partial charge >= 0.3 is 0 Å². The average molecular weight is 232 g/mol. The van der Waals surface area contributed by atoms with Gasteiger partial charge in [-0.2, -0.15) is 0 Å². The third-order valence-electron chi connectivity index (χ3n) is 2.70. The fourth-order valence-corrected chi connectivity index (χ4v) is 2.01. The molecule has 0 radical (unpaired) electrons. The van der Waals surface area contributed by atoms with E-state index in [1.54, 1.807) is 4.90 Å². The normalized spacial score (nSPS) is 16.1. The first kappa shape index (κ1) is 11.8. The quantitative estimate of drug-likeness (QED) is 0.731. The fourth-order valence-electron chi connectivity index (χ4n) is 2.01. The van der Waals surface area contributed by atoms with Gasteiger partial charge in [0.25, 0.3) is 0 Å². The van der Waals surface area contributed by atoms with Gasteiger partial charge in [-0.25, -0.2) is 0 Å². The molecule has 1 aliphatic rings. The van der Waals surface area contributed by atoms with E-state index in [2.05, 4.69) is 4.90 Å². The van der Waals surface area contributed by atoms with E-state index in [1.165, 1.54) is 0 Å². The van der Waals surface area contributed by atoms with Gasteiger partial charge in [-0.1, -0.05) is 12.1 Å². The van der Waals surface area contributed by atoms with Crippen LogP contribution in [0.4, 0.5) is 5.69 Å². The third-order valence-corrected chi connectivity index (χ3v) is 2.70. The van der Waals surface area contributed by atoms with Crippen LogP contribution in [0.2, 0.25) is 0 Å². The van der Waals surface area contributed by atoms with E-state index in [4.69, 9.17) is 0 Å². The summed E-state index contributed by atoms with van der Waals surface area (Å²) in [4.78, 5) is 26.5.